The summed E-state index contributed by atoms with van der Waals surface area (Å²) in [5.74, 6) is -0.620. The van der Waals surface area contributed by atoms with Crippen molar-refractivity contribution in [3.8, 4) is 11.4 Å². The van der Waals surface area contributed by atoms with Crippen LogP contribution in [-0.2, 0) is 0 Å². The molecule has 0 aliphatic rings. The smallest absolute Gasteiger partial charge is 0.354 e. The average molecular weight is 237 g/mol. The minimum absolute atomic E-state index is 0. The van der Waals surface area contributed by atoms with Gasteiger partial charge in [0, 0.05) is 11.8 Å². The summed E-state index contributed by atoms with van der Waals surface area (Å²) in [6.45, 7) is 0. The molecule has 5 heteroatoms. The molecule has 0 fully saturated rings. The van der Waals surface area contributed by atoms with Gasteiger partial charge in [-0.3, -0.25) is 0 Å². The van der Waals surface area contributed by atoms with Crippen molar-refractivity contribution in [3.05, 3.63) is 48.3 Å². The number of aromatic carboxylic acids is 1. The van der Waals surface area contributed by atoms with E-state index in [0.29, 0.717) is 5.82 Å². The maximum atomic E-state index is 10.7. The first-order chi connectivity index (χ1) is 7.27. The Kier molecular flexibility index (Phi) is 3.96. The molecule has 1 aromatic carbocycles. The second-order valence-electron chi connectivity index (χ2n) is 2.94. The number of nitrogens with zero attached hydrogens (tertiary/aromatic N) is 2. The lowest BCUT2D eigenvalue weighted by atomic mass is 10.2. The lowest BCUT2D eigenvalue weighted by Crippen LogP contribution is -2.02. The first-order valence-electron chi connectivity index (χ1n) is 4.39. The fourth-order valence-corrected chi connectivity index (χ4v) is 1.20. The van der Waals surface area contributed by atoms with Crippen molar-refractivity contribution in [1.29, 1.82) is 0 Å². The Labute approximate surface area is 98.4 Å². The van der Waals surface area contributed by atoms with Crippen LogP contribution in [0.3, 0.4) is 0 Å². The number of hydrogen-bond donors (Lipinski definition) is 1. The van der Waals surface area contributed by atoms with Crippen LogP contribution in [0.25, 0.3) is 11.4 Å². The molecule has 1 aromatic heterocycles. The van der Waals surface area contributed by atoms with E-state index in [1.165, 1.54) is 12.3 Å². The number of rotatable bonds is 2. The van der Waals surface area contributed by atoms with Gasteiger partial charge in [-0.1, -0.05) is 30.3 Å². The number of halogens is 1. The molecule has 1 N–H and O–H groups in total. The first-order valence-corrected chi connectivity index (χ1v) is 4.39. The summed E-state index contributed by atoms with van der Waals surface area (Å²) in [6, 6.07) is 10.6. The summed E-state index contributed by atoms with van der Waals surface area (Å²) in [4.78, 5) is 18.6. The lowest BCUT2D eigenvalue weighted by molar-refractivity contribution is 0.0690. The Bertz CT molecular complexity index is 488. The van der Waals surface area contributed by atoms with E-state index in [9.17, 15) is 4.79 Å². The van der Waals surface area contributed by atoms with Crippen molar-refractivity contribution in [2.24, 2.45) is 0 Å². The van der Waals surface area contributed by atoms with Crippen LogP contribution in [0, 0.1) is 0 Å². The van der Waals surface area contributed by atoms with E-state index < -0.39 is 5.97 Å². The van der Waals surface area contributed by atoms with Crippen LogP contribution in [-0.4, -0.2) is 21.0 Å². The van der Waals surface area contributed by atoms with Crippen molar-refractivity contribution in [3.63, 3.8) is 0 Å². The Morgan fingerprint density at radius 2 is 1.81 bits per heavy atom. The molecule has 82 valence electrons. The molecule has 16 heavy (non-hydrogen) atoms. The maximum Gasteiger partial charge on any atom is 0.354 e. The SMILES string of the molecule is Cl.O=C(O)c1ccnc(-c2ccccc2)n1. The Morgan fingerprint density at radius 3 is 2.44 bits per heavy atom. The molecule has 2 rings (SSSR count). The van der Waals surface area contributed by atoms with E-state index >= 15 is 0 Å². The monoisotopic (exact) mass is 236 g/mol. The fourth-order valence-electron chi connectivity index (χ4n) is 1.20. The van der Waals surface area contributed by atoms with Gasteiger partial charge in [0.2, 0.25) is 0 Å². The predicted octanol–water partition coefficient (Wildman–Crippen LogP) is 2.26. The van der Waals surface area contributed by atoms with Crippen LogP contribution >= 0.6 is 12.4 Å². The molecule has 4 nitrogen and oxygen atoms in total. The van der Waals surface area contributed by atoms with Gasteiger partial charge in [0.05, 0.1) is 0 Å². The molecule has 0 spiro atoms. The highest BCUT2D eigenvalue weighted by Crippen LogP contribution is 2.13. The number of aromatic nitrogens is 2. The molecule has 0 bridgehead atoms. The Hall–Kier alpha value is -1.94. The average Bonchev–Trinajstić information content (AvgIpc) is 2.30. The van der Waals surface area contributed by atoms with Gasteiger partial charge < -0.3 is 5.11 Å². The molecule has 2 aromatic rings. The van der Waals surface area contributed by atoms with Crippen LogP contribution in [0.1, 0.15) is 10.5 Å². The maximum absolute atomic E-state index is 10.7. The third kappa shape index (κ3) is 2.55. The molecular formula is C11H9ClN2O2. The molecule has 0 atom stereocenters. The summed E-state index contributed by atoms with van der Waals surface area (Å²) in [7, 11) is 0. The zero-order valence-electron chi connectivity index (χ0n) is 8.20. The van der Waals surface area contributed by atoms with Crippen molar-refractivity contribution in [2.45, 2.75) is 0 Å². The zero-order chi connectivity index (χ0) is 10.7. The van der Waals surface area contributed by atoms with Crippen molar-refractivity contribution in [2.75, 3.05) is 0 Å². The highest BCUT2D eigenvalue weighted by molar-refractivity contribution is 5.85. The summed E-state index contributed by atoms with van der Waals surface area (Å²) >= 11 is 0. The number of hydrogen-bond acceptors (Lipinski definition) is 3. The van der Waals surface area contributed by atoms with Gasteiger partial charge in [-0.15, -0.1) is 12.4 Å². The number of carbonyl (C=O) groups is 1. The molecule has 0 radical (unpaired) electrons. The van der Waals surface area contributed by atoms with Crippen molar-refractivity contribution in [1.82, 2.24) is 9.97 Å². The van der Waals surface area contributed by atoms with Crippen LogP contribution in [0.4, 0.5) is 0 Å². The lowest BCUT2D eigenvalue weighted by Gasteiger charge is -1.99. The highest BCUT2D eigenvalue weighted by Gasteiger charge is 2.06. The molecule has 1 heterocycles. The summed E-state index contributed by atoms with van der Waals surface area (Å²) in [5.41, 5.74) is 0.810. The van der Waals surface area contributed by atoms with Gasteiger partial charge >= 0.3 is 5.97 Å². The van der Waals surface area contributed by atoms with E-state index in [1.54, 1.807) is 0 Å². The molecule has 0 unspecified atom stereocenters. The Balaban J connectivity index is 0.00000128. The first kappa shape index (κ1) is 12.1. The minimum Gasteiger partial charge on any atom is -0.477 e. The van der Waals surface area contributed by atoms with Gasteiger partial charge in [0.15, 0.2) is 11.5 Å². The van der Waals surface area contributed by atoms with E-state index in [2.05, 4.69) is 9.97 Å². The summed E-state index contributed by atoms with van der Waals surface area (Å²) in [6.07, 6.45) is 1.44. The van der Waals surface area contributed by atoms with Gasteiger partial charge in [0.25, 0.3) is 0 Å². The normalized spacial score (nSPS) is 9.25. The van der Waals surface area contributed by atoms with Gasteiger partial charge in [-0.2, -0.15) is 0 Å². The van der Waals surface area contributed by atoms with Crippen LogP contribution < -0.4 is 0 Å². The number of benzene rings is 1. The van der Waals surface area contributed by atoms with Gasteiger partial charge in [-0.05, 0) is 6.07 Å². The third-order valence-electron chi connectivity index (χ3n) is 1.91. The van der Waals surface area contributed by atoms with Crippen LogP contribution in [0.15, 0.2) is 42.6 Å². The summed E-state index contributed by atoms with van der Waals surface area (Å²) in [5, 5.41) is 8.77. The van der Waals surface area contributed by atoms with Gasteiger partial charge in [0.1, 0.15) is 0 Å². The Morgan fingerprint density at radius 1 is 1.12 bits per heavy atom. The highest BCUT2D eigenvalue weighted by atomic mass is 35.5. The van der Waals surface area contributed by atoms with Crippen LogP contribution in [0.2, 0.25) is 0 Å². The predicted molar refractivity (Wildman–Crippen MR) is 61.7 cm³/mol. The van der Waals surface area contributed by atoms with E-state index in [-0.39, 0.29) is 18.1 Å². The number of carboxylic acids is 1. The largest absolute Gasteiger partial charge is 0.477 e. The molecule has 0 aliphatic heterocycles. The molecule has 0 amide bonds. The molecular weight excluding hydrogens is 228 g/mol. The van der Waals surface area contributed by atoms with Crippen LogP contribution in [0.5, 0.6) is 0 Å². The number of carboxylic acid groups (broad SMARTS) is 1. The molecule has 0 aliphatic carbocycles. The standard InChI is InChI=1S/C11H8N2O2.ClH/c14-11(15)9-6-7-12-10(13-9)8-4-2-1-3-5-8;/h1-7H,(H,14,15);1H. The minimum atomic E-state index is -1.05. The van der Waals surface area contributed by atoms with E-state index in [4.69, 9.17) is 5.11 Å². The molecule has 0 saturated carbocycles. The van der Waals surface area contributed by atoms with E-state index in [1.807, 2.05) is 30.3 Å². The van der Waals surface area contributed by atoms with E-state index in [0.717, 1.165) is 5.56 Å². The van der Waals surface area contributed by atoms with Crippen molar-refractivity contribution < 1.29 is 9.90 Å². The quantitative estimate of drug-likeness (QED) is 0.869. The topological polar surface area (TPSA) is 63.1 Å². The third-order valence-corrected chi connectivity index (χ3v) is 1.91. The fraction of sp³-hybridized carbons (Fsp3) is 0. The second-order valence-corrected chi connectivity index (χ2v) is 2.94. The van der Waals surface area contributed by atoms with Gasteiger partial charge in [-0.25, -0.2) is 14.8 Å². The zero-order valence-corrected chi connectivity index (χ0v) is 9.02. The molecule has 0 saturated heterocycles. The van der Waals surface area contributed by atoms with Crippen molar-refractivity contribution >= 4 is 18.4 Å². The summed E-state index contributed by atoms with van der Waals surface area (Å²) < 4.78 is 0. The second kappa shape index (κ2) is 5.23.